The zero-order chi connectivity index (χ0) is 23.8. The minimum absolute atomic E-state index is 0.0380. The minimum Gasteiger partial charge on any atom is -0.444 e. The van der Waals surface area contributed by atoms with E-state index in [-0.39, 0.29) is 24.1 Å². The highest BCUT2D eigenvalue weighted by Crippen LogP contribution is 2.16. The number of carbonyl (C=O) groups is 1. The topological polar surface area (TPSA) is 126 Å². The molecule has 0 aliphatic rings. The molecule has 1 aromatic carbocycles. The fourth-order valence-electron chi connectivity index (χ4n) is 2.79. The lowest BCUT2D eigenvalue weighted by atomic mass is 10.1. The fraction of sp³-hybridized carbons (Fsp3) is 0.300. The molecule has 10 nitrogen and oxygen atoms in total. The van der Waals surface area contributed by atoms with Crippen molar-refractivity contribution in [3.63, 3.8) is 0 Å². The van der Waals surface area contributed by atoms with Gasteiger partial charge in [-0.25, -0.2) is 18.3 Å². The van der Waals surface area contributed by atoms with E-state index in [1.807, 2.05) is 6.92 Å². The van der Waals surface area contributed by atoms with Crippen molar-refractivity contribution in [3.05, 3.63) is 59.1 Å². The molecule has 1 atom stereocenters. The van der Waals surface area contributed by atoms with Gasteiger partial charge in [0.1, 0.15) is 22.9 Å². The summed E-state index contributed by atoms with van der Waals surface area (Å²) in [6.07, 6.45) is 2.89. The Kier molecular flexibility index (Phi) is 8.77. The number of carbonyl (C=O) groups excluding carboxylic acids is 1. The number of anilines is 1. The van der Waals surface area contributed by atoms with E-state index < -0.39 is 22.0 Å². The van der Waals surface area contributed by atoms with Crippen LogP contribution in [-0.4, -0.2) is 54.7 Å². The summed E-state index contributed by atoms with van der Waals surface area (Å²) in [5.74, 6) is -0.604. The molecule has 0 saturated carbocycles. The molecule has 176 valence electrons. The van der Waals surface area contributed by atoms with Crippen molar-refractivity contribution in [2.24, 2.45) is 12.2 Å². The Morgan fingerprint density at radius 3 is 2.73 bits per heavy atom. The smallest absolute Gasteiger partial charge is 0.362 e. The highest BCUT2D eigenvalue weighted by atomic mass is 32.2. The van der Waals surface area contributed by atoms with Gasteiger partial charge >= 0.3 is 11.0 Å². The molecule has 0 saturated heterocycles. The van der Waals surface area contributed by atoms with Crippen LogP contribution in [0.4, 0.5) is 9.52 Å². The van der Waals surface area contributed by atoms with Crippen LogP contribution in [0.2, 0.25) is 0 Å². The average molecular weight is 497 g/mol. The van der Waals surface area contributed by atoms with Crippen LogP contribution < -0.4 is 10.3 Å². The predicted molar refractivity (Wildman–Crippen MR) is 123 cm³/mol. The van der Waals surface area contributed by atoms with Gasteiger partial charge in [-0.1, -0.05) is 24.2 Å². The molecule has 0 bridgehead atoms. The number of oxime groups is 1. The van der Waals surface area contributed by atoms with Crippen LogP contribution in [0.15, 0.2) is 52.8 Å². The molecule has 0 aliphatic heterocycles. The number of amides is 1. The first-order chi connectivity index (χ1) is 15.9. The van der Waals surface area contributed by atoms with E-state index in [2.05, 4.69) is 20.6 Å². The number of nitrogens with one attached hydrogen (secondary N) is 2. The van der Waals surface area contributed by atoms with Crippen molar-refractivity contribution in [2.75, 3.05) is 25.0 Å². The summed E-state index contributed by atoms with van der Waals surface area (Å²) in [6.45, 7) is 2.99. The van der Waals surface area contributed by atoms with Crippen molar-refractivity contribution < 1.29 is 28.3 Å². The number of H-pyrrole nitrogens is 1. The molecule has 4 N–H and O–H groups in total. The Hall–Kier alpha value is -3.00. The number of aromatic nitrogens is 3. The molecule has 33 heavy (non-hydrogen) atoms. The van der Waals surface area contributed by atoms with Gasteiger partial charge in [0, 0.05) is 25.4 Å². The molecular weight excluding hydrogens is 471 g/mol. The van der Waals surface area contributed by atoms with E-state index in [1.54, 1.807) is 52.6 Å². The number of hydrogen-bond acceptors (Lipinski definition) is 6. The quantitative estimate of drug-likeness (QED) is 0.242. The van der Waals surface area contributed by atoms with Crippen LogP contribution >= 0.6 is 11.3 Å². The molecule has 3 rings (SSSR count). The summed E-state index contributed by atoms with van der Waals surface area (Å²) in [5, 5.41) is 17.9. The van der Waals surface area contributed by atoms with E-state index in [9.17, 15) is 13.4 Å². The Labute approximate surface area is 196 Å². The molecule has 2 aromatic heterocycles. The van der Waals surface area contributed by atoms with E-state index in [4.69, 9.17) is 9.94 Å². The first-order valence-electron chi connectivity index (χ1n) is 10.00. The van der Waals surface area contributed by atoms with Crippen LogP contribution in [0, 0.1) is 5.13 Å². The van der Waals surface area contributed by atoms with Crippen molar-refractivity contribution in [1.82, 2.24) is 14.1 Å². The molecule has 0 radical (unpaired) electrons. The lowest BCUT2D eigenvalue weighted by Gasteiger charge is -2.17. The summed E-state index contributed by atoms with van der Waals surface area (Å²) >= 11 is 0.745. The van der Waals surface area contributed by atoms with Gasteiger partial charge in [-0.2, -0.15) is 14.8 Å². The van der Waals surface area contributed by atoms with Crippen LogP contribution in [-0.2, 0) is 34.3 Å². The third-order valence-corrected chi connectivity index (χ3v) is 6.70. The van der Waals surface area contributed by atoms with Gasteiger partial charge in [0.2, 0.25) is 5.13 Å². The monoisotopic (exact) mass is 496 g/mol. The highest BCUT2D eigenvalue weighted by molar-refractivity contribution is 7.82. The van der Waals surface area contributed by atoms with Crippen molar-refractivity contribution in [2.45, 2.75) is 18.4 Å². The molecule has 13 heteroatoms. The number of halogens is 1. The standard InChI is InChI=1S/C20H23FN6O4S2/c1-3-27(10-11-28)33(30)16-6-4-14(5-7-16)18(19(29)23-20-22-12-17(21)32-20)25-31-13-15-8-9-26(2)24-15/h4-9,12,28H,3,10-11,13H2,1-2H3,(H,22,23,29)/p+2/b25-18+. The lowest BCUT2D eigenvalue weighted by Crippen LogP contribution is -2.29. The zero-order valence-electron chi connectivity index (χ0n) is 18.1. The molecule has 1 unspecified atom stereocenters. The van der Waals surface area contributed by atoms with Crippen LogP contribution in [0.1, 0.15) is 18.2 Å². The zero-order valence-corrected chi connectivity index (χ0v) is 19.7. The minimum atomic E-state index is -1.42. The summed E-state index contributed by atoms with van der Waals surface area (Å²) in [7, 11) is 0.351. The van der Waals surface area contributed by atoms with E-state index in [0.717, 1.165) is 17.5 Å². The summed E-state index contributed by atoms with van der Waals surface area (Å²) < 4.78 is 29.3. The maximum atomic E-state index is 13.3. The molecule has 0 aliphatic carbocycles. The molecular formula is C20H25FN6O4S2+2. The number of likely N-dealkylation sites (N-methyl/N-ethyl adjacent to an activating group) is 1. The van der Waals surface area contributed by atoms with Crippen molar-refractivity contribution in [1.29, 1.82) is 0 Å². The second-order valence-corrected chi connectivity index (χ2v) is 9.21. The number of benzene rings is 1. The normalized spacial score (nSPS) is 12.7. The highest BCUT2D eigenvalue weighted by Gasteiger charge is 2.23. The molecule has 0 spiro atoms. The van der Waals surface area contributed by atoms with Crippen molar-refractivity contribution in [3.8, 4) is 0 Å². The number of thiazole rings is 1. The van der Waals surface area contributed by atoms with Crippen molar-refractivity contribution >= 4 is 39.1 Å². The fourth-order valence-corrected chi connectivity index (χ4v) is 4.53. The maximum Gasteiger partial charge on any atom is 0.362 e. The SMILES string of the molecule is CCN(CC[OH2+])S(=O)c1ccc(/C(=N\OCc2ccn(C)n2)C(=O)Nc2[nH+]cc(F)s2)cc1. The molecule has 3 aromatic rings. The molecule has 0 fully saturated rings. The number of hydrogen-bond donors (Lipinski definition) is 1. The average Bonchev–Trinajstić information content (AvgIpc) is 3.42. The number of aryl methyl sites for hydroxylation is 1. The van der Waals surface area contributed by atoms with E-state index in [1.165, 1.54) is 0 Å². The Balaban J connectivity index is 1.81. The van der Waals surface area contributed by atoms with Gasteiger partial charge in [0.05, 0.1) is 11.4 Å². The summed E-state index contributed by atoms with van der Waals surface area (Å²) in [5.41, 5.74) is 1.02. The third kappa shape index (κ3) is 6.74. The van der Waals surface area contributed by atoms with Crippen LogP contribution in [0.25, 0.3) is 0 Å². The number of rotatable bonds is 11. The Morgan fingerprint density at radius 2 is 2.15 bits per heavy atom. The Bertz CT molecular complexity index is 1130. The first kappa shape index (κ1) is 24.6. The third-order valence-electron chi connectivity index (χ3n) is 4.37. The summed E-state index contributed by atoms with van der Waals surface area (Å²) in [4.78, 5) is 21.4. The van der Waals surface area contributed by atoms with Gasteiger partial charge in [-0.15, -0.1) is 0 Å². The van der Waals surface area contributed by atoms with Gasteiger partial charge in [0.15, 0.2) is 18.9 Å². The van der Waals surface area contributed by atoms with Gasteiger partial charge in [-0.3, -0.25) is 4.68 Å². The summed E-state index contributed by atoms with van der Waals surface area (Å²) in [6, 6.07) is 8.26. The van der Waals surface area contributed by atoms with E-state index >= 15 is 0 Å². The lowest BCUT2D eigenvalue weighted by molar-refractivity contribution is -0.356. The predicted octanol–water partition coefficient (Wildman–Crippen LogP) is 1.06. The number of nitrogens with zero attached hydrogens (tertiary/aromatic N) is 4. The second kappa shape index (κ2) is 11.7. The molecule has 2 heterocycles. The van der Waals surface area contributed by atoms with Gasteiger partial charge in [-0.05, 0) is 29.5 Å². The van der Waals surface area contributed by atoms with Crippen LogP contribution in [0.5, 0.6) is 0 Å². The van der Waals surface area contributed by atoms with E-state index in [0.29, 0.717) is 29.2 Å². The van der Waals surface area contributed by atoms with Crippen LogP contribution in [0.3, 0.4) is 0 Å². The number of aromatic amines is 1. The maximum absolute atomic E-state index is 13.3. The van der Waals surface area contributed by atoms with Gasteiger partial charge < -0.3 is 9.94 Å². The van der Waals surface area contributed by atoms with Gasteiger partial charge in [0.25, 0.3) is 0 Å². The second-order valence-electron chi connectivity index (χ2n) is 6.72. The largest absolute Gasteiger partial charge is 0.444 e. The Morgan fingerprint density at radius 1 is 1.39 bits per heavy atom. The first-order valence-corrected chi connectivity index (χ1v) is 11.9. The molecule has 1 amide bonds.